The van der Waals surface area contributed by atoms with Gasteiger partial charge in [-0.3, -0.25) is 0 Å². The number of benzene rings is 3. The van der Waals surface area contributed by atoms with Crippen LogP contribution < -0.4 is 4.74 Å². The highest BCUT2D eigenvalue weighted by atomic mass is 16.5. The van der Waals surface area contributed by atoms with Crippen molar-refractivity contribution in [3.05, 3.63) is 72.3 Å². The zero-order valence-corrected chi connectivity index (χ0v) is 11.0. The number of rotatable bonds is 3. The molecule has 0 spiro atoms. The molecule has 0 aliphatic heterocycles. The van der Waals surface area contributed by atoms with E-state index in [2.05, 4.69) is 37.3 Å². The van der Waals surface area contributed by atoms with Crippen LogP contribution >= 0.6 is 0 Å². The Morgan fingerprint density at radius 2 is 1.53 bits per heavy atom. The van der Waals surface area contributed by atoms with Gasteiger partial charge in [0.05, 0.1) is 0 Å². The van der Waals surface area contributed by atoms with Gasteiger partial charge in [0.2, 0.25) is 0 Å². The summed E-state index contributed by atoms with van der Waals surface area (Å²) in [6, 6.07) is 22.7. The lowest BCUT2D eigenvalue weighted by atomic mass is 10.1. The van der Waals surface area contributed by atoms with Crippen LogP contribution in [0.15, 0.2) is 66.7 Å². The Morgan fingerprint density at radius 3 is 2.32 bits per heavy atom. The van der Waals surface area contributed by atoms with Gasteiger partial charge in [0, 0.05) is 5.39 Å². The van der Waals surface area contributed by atoms with E-state index in [0.29, 0.717) is 0 Å². The SMILES string of the molecule is CCc1ccc(Oc2cccc3ccccc23)cc1. The summed E-state index contributed by atoms with van der Waals surface area (Å²) in [6.45, 7) is 2.15. The summed E-state index contributed by atoms with van der Waals surface area (Å²) in [5.41, 5.74) is 1.32. The maximum atomic E-state index is 5.99. The van der Waals surface area contributed by atoms with Gasteiger partial charge in [0.15, 0.2) is 0 Å². The molecule has 0 aliphatic rings. The molecule has 3 aromatic carbocycles. The van der Waals surface area contributed by atoms with Crippen molar-refractivity contribution in [2.24, 2.45) is 0 Å². The highest BCUT2D eigenvalue weighted by molar-refractivity contribution is 5.88. The van der Waals surface area contributed by atoms with Crippen molar-refractivity contribution in [1.82, 2.24) is 0 Å². The Kier molecular flexibility index (Phi) is 3.20. The van der Waals surface area contributed by atoms with E-state index in [-0.39, 0.29) is 0 Å². The molecule has 0 radical (unpaired) electrons. The van der Waals surface area contributed by atoms with E-state index < -0.39 is 0 Å². The van der Waals surface area contributed by atoms with Gasteiger partial charge in [-0.1, -0.05) is 55.5 Å². The Bertz CT molecular complexity index is 678. The van der Waals surface area contributed by atoms with E-state index in [4.69, 9.17) is 4.74 Å². The summed E-state index contributed by atoms with van der Waals surface area (Å²) in [5.74, 6) is 1.79. The van der Waals surface area contributed by atoms with Gasteiger partial charge in [0.25, 0.3) is 0 Å². The van der Waals surface area contributed by atoms with Crippen LogP contribution in [0.2, 0.25) is 0 Å². The van der Waals surface area contributed by atoms with Crippen molar-refractivity contribution in [1.29, 1.82) is 0 Å². The molecule has 0 bridgehead atoms. The molecule has 0 unspecified atom stereocenters. The fraction of sp³-hybridized carbons (Fsp3) is 0.111. The van der Waals surface area contributed by atoms with E-state index in [1.165, 1.54) is 10.9 Å². The van der Waals surface area contributed by atoms with Crippen LogP contribution in [0.25, 0.3) is 10.8 Å². The van der Waals surface area contributed by atoms with E-state index in [1.807, 2.05) is 36.4 Å². The lowest BCUT2D eigenvalue weighted by Gasteiger charge is -2.09. The third kappa shape index (κ3) is 2.45. The van der Waals surface area contributed by atoms with E-state index in [0.717, 1.165) is 23.3 Å². The molecule has 3 aromatic rings. The Morgan fingerprint density at radius 1 is 0.789 bits per heavy atom. The molecule has 0 aliphatic carbocycles. The first-order valence-electron chi connectivity index (χ1n) is 6.61. The molecule has 3 rings (SSSR count). The number of aryl methyl sites for hydroxylation is 1. The zero-order valence-electron chi connectivity index (χ0n) is 11.0. The first-order chi connectivity index (χ1) is 9.36. The Hall–Kier alpha value is -2.28. The molecule has 1 nitrogen and oxygen atoms in total. The van der Waals surface area contributed by atoms with E-state index >= 15 is 0 Å². The molecular formula is C18H16O. The van der Waals surface area contributed by atoms with Gasteiger partial charge in [-0.25, -0.2) is 0 Å². The summed E-state index contributed by atoms with van der Waals surface area (Å²) in [6.07, 6.45) is 1.05. The number of hydrogen-bond acceptors (Lipinski definition) is 1. The van der Waals surface area contributed by atoms with Crippen LogP contribution in [0.3, 0.4) is 0 Å². The standard InChI is InChI=1S/C18H16O/c1-2-14-10-12-16(13-11-14)19-18-9-5-7-15-6-3-4-8-17(15)18/h3-13H,2H2,1H3. The fourth-order valence-electron chi connectivity index (χ4n) is 2.20. The predicted octanol–water partition coefficient (Wildman–Crippen LogP) is 5.19. The lowest BCUT2D eigenvalue weighted by Crippen LogP contribution is -1.86. The van der Waals surface area contributed by atoms with E-state index in [1.54, 1.807) is 0 Å². The van der Waals surface area contributed by atoms with Gasteiger partial charge < -0.3 is 4.74 Å². The molecule has 0 N–H and O–H groups in total. The number of fused-ring (bicyclic) bond motifs is 1. The van der Waals surface area contributed by atoms with Gasteiger partial charge in [-0.05, 0) is 35.6 Å². The molecule has 94 valence electrons. The van der Waals surface area contributed by atoms with Crippen LogP contribution in [-0.4, -0.2) is 0 Å². The normalized spacial score (nSPS) is 10.6. The van der Waals surface area contributed by atoms with Gasteiger partial charge in [-0.2, -0.15) is 0 Å². The zero-order chi connectivity index (χ0) is 13.1. The molecule has 19 heavy (non-hydrogen) atoms. The van der Waals surface area contributed by atoms with Crippen molar-refractivity contribution in [2.45, 2.75) is 13.3 Å². The van der Waals surface area contributed by atoms with Crippen molar-refractivity contribution < 1.29 is 4.74 Å². The smallest absolute Gasteiger partial charge is 0.135 e. The Labute approximate surface area is 113 Å². The monoisotopic (exact) mass is 248 g/mol. The first kappa shape index (κ1) is 11.8. The maximum absolute atomic E-state index is 5.99. The molecule has 0 saturated heterocycles. The molecule has 0 heterocycles. The molecular weight excluding hydrogens is 232 g/mol. The second-order valence-electron chi connectivity index (χ2n) is 4.58. The quantitative estimate of drug-likeness (QED) is 0.619. The van der Waals surface area contributed by atoms with E-state index in [9.17, 15) is 0 Å². The minimum absolute atomic E-state index is 0.883. The summed E-state index contributed by atoms with van der Waals surface area (Å²) >= 11 is 0. The molecule has 0 amide bonds. The molecule has 0 atom stereocenters. The minimum Gasteiger partial charge on any atom is -0.457 e. The maximum Gasteiger partial charge on any atom is 0.135 e. The van der Waals surface area contributed by atoms with Crippen LogP contribution in [0.4, 0.5) is 0 Å². The largest absolute Gasteiger partial charge is 0.457 e. The average Bonchev–Trinajstić information content (AvgIpc) is 2.48. The van der Waals surface area contributed by atoms with Crippen molar-refractivity contribution in [3.8, 4) is 11.5 Å². The Balaban J connectivity index is 1.96. The van der Waals surface area contributed by atoms with Gasteiger partial charge in [-0.15, -0.1) is 0 Å². The predicted molar refractivity (Wildman–Crippen MR) is 79.8 cm³/mol. The third-order valence-corrected chi connectivity index (χ3v) is 3.31. The topological polar surface area (TPSA) is 9.23 Å². The number of hydrogen-bond donors (Lipinski definition) is 0. The average molecular weight is 248 g/mol. The van der Waals surface area contributed by atoms with Crippen molar-refractivity contribution >= 4 is 10.8 Å². The van der Waals surface area contributed by atoms with Crippen LogP contribution in [-0.2, 0) is 6.42 Å². The second kappa shape index (κ2) is 5.15. The molecule has 0 saturated carbocycles. The highest BCUT2D eigenvalue weighted by Crippen LogP contribution is 2.29. The fourth-order valence-corrected chi connectivity index (χ4v) is 2.20. The van der Waals surface area contributed by atoms with Crippen molar-refractivity contribution in [2.75, 3.05) is 0 Å². The summed E-state index contributed by atoms with van der Waals surface area (Å²) in [5, 5.41) is 2.34. The number of ether oxygens (including phenoxy) is 1. The summed E-state index contributed by atoms with van der Waals surface area (Å²) < 4.78 is 5.99. The van der Waals surface area contributed by atoms with Gasteiger partial charge in [0.1, 0.15) is 11.5 Å². The second-order valence-corrected chi connectivity index (χ2v) is 4.58. The van der Waals surface area contributed by atoms with Crippen LogP contribution in [0, 0.1) is 0 Å². The minimum atomic E-state index is 0.883. The molecule has 1 heteroatoms. The summed E-state index contributed by atoms with van der Waals surface area (Å²) in [4.78, 5) is 0. The van der Waals surface area contributed by atoms with Crippen molar-refractivity contribution in [3.63, 3.8) is 0 Å². The van der Waals surface area contributed by atoms with Crippen LogP contribution in [0.5, 0.6) is 11.5 Å². The first-order valence-corrected chi connectivity index (χ1v) is 6.61. The van der Waals surface area contributed by atoms with Crippen LogP contribution in [0.1, 0.15) is 12.5 Å². The third-order valence-electron chi connectivity index (χ3n) is 3.31. The lowest BCUT2D eigenvalue weighted by molar-refractivity contribution is 0.488. The molecule has 0 aromatic heterocycles. The van der Waals surface area contributed by atoms with Gasteiger partial charge >= 0.3 is 0 Å². The highest BCUT2D eigenvalue weighted by Gasteiger charge is 2.02. The summed E-state index contributed by atoms with van der Waals surface area (Å²) in [7, 11) is 0. The molecule has 0 fully saturated rings.